The Hall–Kier alpha value is -1.93. The number of aromatic nitrogens is 2. The Morgan fingerprint density at radius 2 is 2.03 bits per heavy atom. The van der Waals surface area contributed by atoms with E-state index in [0.29, 0.717) is 22.8 Å². The number of nitrogens with one attached hydrogen (secondary N) is 2. The highest BCUT2D eigenvalue weighted by atomic mass is 32.1. The third-order valence-corrected chi connectivity index (χ3v) is 7.38. The lowest BCUT2D eigenvalue weighted by atomic mass is 10.0. The fourth-order valence-electron chi connectivity index (χ4n) is 4.13. The number of anilines is 1. The number of hydrogen-bond acceptors (Lipinski definition) is 5. The highest BCUT2D eigenvalue weighted by molar-refractivity contribution is 7.22. The summed E-state index contributed by atoms with van der Waals surface area (Å²) in [6, 6.07) is -0.221. The van der Waals surface area contributed by atoms with Gasteiger partial charge in [0.2, 0.25) is 0 Å². The van der Waals surface area contributed by atoms with Crippen molar-refractivity contribution >= 4 is 32.6 Å². The van der Waals surface area contributed by atoms with E-state index in [1.165, 1.54) is 24.2 Å². The van der Waals surface area contributed by atoms with Crippen LogP contribution in [0, 0.1) is 12.8 Å². The van der Waals surface area contributed by atoms with Crippen molar-refractivity contribution < 1.29 is 4.79 Å². The summed E-state index contributed by atoms with van der Waals surface area (Å²) in [6.45, 7) is 13.0. The number of carbonyl (C=O) groups excluding carboxylic acids is 1. The first-order valence-electron chi connectivity index (χ1n) is 11.7. The van der Waals surface area contributed by atoms with Gasteiger partial charge in [-0.2, -0.15) is 0 Å². The molecule has 1 aliphatic heterocycles. The second kappa shape index (κ2) is 11.1. The smallest absolute Gasteiger partial charge is 0.319 e. The van der Waals surface area contributed by atoms with E-state index in [9.17, 15) is 9.59 Å². The minimum atomic E-state index is -0.221. The van der Waals surface area contributed by atoms with E-state index in [-0.39, 0.29) is 11.6 Å². The molecule has 2 aromatic rings. The zero-order valence-electron chi connectivity index (χ0n) is 19.4. The molecule has 2 amide bonds. The van der Waals surface area contributed by atoms with Gasteiger partial charge >= 0.3 is 6.03 Å². The minimum Gasteiger partial charge on any atom is -0.338 e. The molecule has 1 aliphatic rings. The summed E-state index contributed by atoms with van der Waals surface area (Å²) in [4.78, 5) is 33.5. The Bertz CT molecular complexity index is 952. The topological polar surface area (TPSA) is 79.3 Å². The predicted molar refractivity (Wildman–Crippen MR) is 129 cm³/mol. The molecular formula is C23H37N5O2S. The van der Waals surface area contributed by atoms with Crippen LogP contribution in [0.1, 0.15) is 64.3 Å². The number of urea groups is 1. The van der Waals surface area contributed by atoms with E-state index in [1.807, 2.05) is 11.5 Å². The lowest BCUT2D eigenvalue weighted by molar-refractivity contribution is 0.249. The average Bonchev–Trinajstić information content (AvgIpc) is 2.92. The summed E-state index contributed by atoms with van der Waals surface area (Å²) in [6.07, 6.45) is 6.23. The molecule has 31 heavy (non-hydrogen) atoms. The standard InChI is InChI=1S/C23H37N5O2S/c1-5-7-13-27(6-2)14-8-12-24-23(30)26-20-17(4)19-21(31-20)25-18-10-9-16(3)11-15-28(18)22(19)29/h16H,5-15H2,1-4H3,(H2,24,26,30)/t16-/m1/s1. The molecule has 2 N–H and O–H groups in total. The number of carbonyl (C=O) groups is 1. The van der Waals surface area contributed by atoms with Crippen molar-refractivity contribution in [1.29, 1.82) is 0 Å². The Morgan fingerprint density at radius 3 is 2.77 bits per heavy atom. The molecule has 0 saturated heterocycles. The largest absolute Gasteiger partial charge is 0.338 e. The lowest BCUT2D eigenvalue weighted by Gasteiger charge is -2.19. The summed E-state index contributed by atoms with van der Waals surface area (Å²) in [5, 5.41) is 7.25. The maximum atomic E-state index is 13.1. The fourth-order valence-corrected chi connectivity index (χ4v) is 5.22. The van der Waals surface area contributed by atoms with Crippen LogP contribution < -0.4 is 16.2 Å². The van der Waals surface area contributed by atoms with Crippen LogP contribution in [0.2, 0.25) is 0 Å². The van der Waals surface area contributed by atoms with E-state index >= 15 is 0 Å². The summed E-state index contributed by atoms with van der Waals surface area (Å²) in [7, 11) is 0. The molecule has 0 aliphatic carbocycles. The van der Waals surface area contributed by atoms with Gasteiger partial charge in [0, 0.05) is 19.5 Å². The quantitative estimate of drug-likeness (QED) is 0.560. The van der Waals surface area contributed by atoms with E-state index in [0.717, 1.165) is 68.1 Å². The third kappa shape index (κ3) is 5.86. The van der Waals surface area contributed by atoms with Gasteiger partial charge in [-0.3, -0.25) is 14.7 Å². The normalized spacial score (nSPS) is 16.4. The van der Waals surface area contributed by atoms with Crippen LogP contribution in [-0.2, 0) is 13.0 Å². The van der Waals surface area contributed by atoms with Gasteiger partial charge in [0.05, 0.1) is 5.39 Å². The van der Waals surface area contributed by atoms with Crippen LogP contribution in [0.25, 0.3) is 10.2 Å². The second-order valence-corrected chi connectivity index (χ2v) is 9.68. The zero-order valence-corrected chi connectivity index (χ0v) is 20.2. The first-order chi connectivity index (χ1) is 14.9. The monoisotopic (exact) mass is 447 g/mol. The van der Waals surface area contributed by atoms with E-state index < -0.39 is 0 Å². The number of fused-ring (bicyclic) bond motifs is 2. The van der Waals surface area contributed by atoms with Gasteiger partial charge in [-0.25, -0.2) is 9.78 Å². The average molecular weight is 448 g/mol. The number of nitrogens with zero attached hydrogens (tertiary/aromatic N) is 3. The number of aryl methyl sites for hydroxylation is 2. The van der Waals surface area contributed by atoms with Crippen molar-refractivity contribution in [2.24, 2.45) is 5.92 Å². The van der Waals surface area contributed by atoms with Gasteiger partial charge in [0.1, 0.15) is 15.7 Å². The lowest BCUT2D eigenvalue weighted by Crippen LogP contribution is -2.32. The number of unbranched alkanes of at least 4 members (excludes halogenated alkanes) is 1. The van der Waals surface area contributed by atoms with Crippen LogP contribution in [0.3, 0.4) is 0 Å². The van der Waals surface area contributed by atoms with Gasteiger partial charge in [-0.1, -0.05) is 38.5 Å². The SMILES string of the molecule is CCCCN(CC)CCCNC(=O)Nc1sc2nc3n(c(=O)c2c1C)CC[C@H](C)CC3. The summed E-state index contributed by atoms with van der Waals surface area (Å²) < 4.78 is 1.84. The van der Waals surface area contributed by atoms with Crippen molar-refractivity contribution in [3.63, 3.8) is 0 Å². The van der Waals surface area contributed by atoms with Crippen LogP contribution in [0.5, 0.6) is 0 Å². The molecule has 0 bridgehead atoms. The van der Waals surface area contributed by atoms with Crippen molar-refractivity contribution in [3.05, 3.63) is 21.7 Å². The van der Waals surface area contributed by atoms with Crippen LogP contribution in [-0.4, -0.2) is 46.7 Å². The molecule has 172 valence electrons. The summed E-state index contributed by atoms with van der Waals surface area (Å²) >= 11 is 1.40. The van der Waals surface area contributed by atoms with Crippen molar-refractivity contribution in [2.75, 3.05) is 31.5 Å². The molecular weight excluding hydrogens is 410 g/mol. The van der Waals surface area contributed by atoms with Crippen molar-refractivity contribution in [2.45, 2.75) is 72.8 Å². The molecule has 0 unspecified atom stereocenters. The van der Waals surface area contributed by atoms with Crippen LogP contribution >= 0.6 is 11.3 Å². The fraction of sp³-hybridized carbons (Fsp3) is 0.696. The van der Waals surface area contributed by atoms with Crippen LogP contribution in [0.4, 0.5) is 9.80 Å². The molecule has 0 spiro atoms. The first-order valence-corrected chi connectivity index (χ1v) is 12.6. The van der Waals surface area contributed by atoms with Crippen LogP contribution in [0.15, 0.2) is 4.79 Å². The summed E-state index contributed by atoms with van der Waals surface area (Å²) in [5.41, 5.74) is 0.847. The molecule has 0 saturated carbocycles. The minimum absolute atomic E-state index is 0.0306. The molecule has 0 aromatic carbocycles. The van der Waals surface area contributed by atoms with Gasteiger partial charge < -0.3 is 10.2 Å². The molecule has 8 heteroatoms. The Labute approximate surface area is 189 Å². The number of rotatable bonds is 9. The predicted octanol–water partition coefficient (Wildman–Crippen LogP) is 4.37. The Morgan fingerprint density at radius 1 is 1.26 bits per heavy atom. The van der Waals surface area contributed by atoms with E-state index in [1.54, 1.807) is 0 Å². The van der Waals surface area contributed by atoms with Gasteiger partial charge in [0.25, 0.3) is 5.56 Å². The first kappa shape index (κ1) is 23.7. The Kier molecular flexibility index (Phi) is 8.49. The molecule has 7 nitrogen and oxygen atoms in total. The molecule has 3 heterocycles. The molecule has 2 aromatic heterocycles. The molecule has 1 atom stereocenters. The van der Waals surface area contributed by atoms with E-state index in [4.69, 9.17) is 4.98 Å². The highest BCUT2D eigenvalue weighted by Crippen LogP contribution is 2.32. The third-order valence-electron chi connectivity index (χ3n) is 6.27. The Balaban J connectivity index is 1.62. The highest BCUT2D eigenvalue weighted by Gasteiger charge is 2.21. The molecule has 3 rings (SSSR count). The van der Waals surface area contributed by atoms with Crippen molar-refractivity contribution in [3.8, 4) is 0 Å². The number of amides is 2. The number of hydrogen-bond donors (Lipinski definition) is 2. The van der Waals surface area contributed by atoms with Gasteiger partial charge in [-0.05, 0) is 63.7 Å². The van der Waals surface area contributed by atoms with Gasteiger partial charge in [0.15, 0.2) is 0 Å². The maximum absolute atomic E-state index is 13.1. The van der Waals surface area contributed by atoms with Crippen molar-refractivity contribution in [1.82, 2.24) is 19.8 Å². The van der Waals surface area contributed by atoms with E-state index in [2.05, 4.69) is 36.3 Å². The zero-order chi connectivity index (χ0) is 22.4. The maximum Gasteiger partial charge on any atom is 0.319 e. The second-order valence-electron chi connectivity index (χ2n) is 8.68. The van der Waals surface area contributed by atoms with Gasteiger partial charge in [-0.15, -0.1) is 0 Å². The molecule has 0 fully saturated rings. The number of thiophene rings is 1. The summed E-state index contributed by atoms with van der Waals surface area (Å²) in [5.74, 6) is 1.49. The molecule has 0 radical (unpaired) electrons.